The maximum Gasteiger partial charge on any atom is 0.168 e. The number of fused-ring (bicyclic) bond motifs is 1. The van der Waals surface area contributed by atoms with Gasteiger partial charge in [0.2, 0.25) is 0 Å². The molecule has 0 saturated carbocycles. The Kier molecular flexibility index (Phi) is 4.35. The summed E-state index contributed by atoms with van der Waals surface area (Å²) in [6.07, 6.45) is 5.46. The Labute approximate surface area is 150 Å². The highest BCUT2D eigenvalue weighted by atomic mass is 32.2. The quantitative estimate of drug-likeness (QED) is 0.550. The van der Waals surface area contributed by atoms with Gasteiger partial charge in [-0.2, -0.15) is 5.10 Å². The van der Waals surface area contributed by atoms with Gasteiger partial charge in [-0.15, -0.1) is 11.8 Å². The second kappa shape index (κ2) is 6.94. The molecular weight excluding hydrogens is 330 g/mol. The molecule has 0 spiro atoms. The molecule has 4 aromatic rings. The zero-order chi connectivity index (χ0) is 17.1. The molecule has 25 heavy (non-hydrogen) atoms. The average molecular weight is 347 g/mol. The summed E-state index contributed by atoms with van der Waals surface area (Å²) in [5.41, 5.74) is 2.98. The molecule has 1 N–H and O–H groups in total. The molecule has 2 heterocycles. The maximum absolute atomic E-state index is 4.48. The van der Waals surface area contributed by atoms with Gasteiger partial charge < -0.3 is 5.32 Å². The molecule has 0 aliphatic rings. The molecule has 0 unspecified atom stereocenters. The van der Waals surface area contributed by atoms with Crippen LogP contribution in [0.3, 0.4) is 0 Å². The van der Waals surface area contributed by atoms with Crippen LogP contribution in [0.2, 0.25) is 0 Å². The van der Waals surface area contributed by atoms with E-state index in [4.69, 9.17) is 0 Å². The predicted molar refractivity (Wildman–Crippen MR) is 102 cm³/mol. The molecule has 5 nitrogen and oxygen atoms in total. The van der Waals surface area contributed by atoms with Crippen molar-refractivity contribution in [2.75, 3.05) is 11.6 Å². The number of benzene rings is 2. The smallest absolute Gasteiger partial charge is 0.168 e. The van der Waals surface area contributed by atoms with Gasteiger partial charge in [0.25, 0.3) is 0 Å². The molecule has 0 fully saturated rings. The van der Waals surface area contributed by atoms with Crippen LogP contribution in [0.15, 0.2) is 72.0 Å². The first kappa shape index (κ1) is 15.7. The highest BCUT2D eigenvalue weighted by Gasteiger charge is 2.10. The summed E-state index contributed by atoms with van der Waals surface area (Å²) in [6, 6.07) is 18.5. The van der Waals surface area contributed by atoms with Crippen LogP contribution < -0.4 is 5.32 Å². The van der Waals surface area contributed by atoms with E-state index in [0.29, 0.717) is 6.54 Å². The number of hydrogen-bond donors (Lipinski definition) is 1. The lowest BCUT2D eigenvalue weighted by Gasteiger charge is -2.07. The van der Waals surface area contributed by atoms with Gasteiger partial charge in [0, 0.05) is 11.4 Å². The fraction of sp³-hybridized carbons (Fsp3) is 0.105. The van der Waals surface area contributed by atoms with Crippen molar-refractivity contribution in [3.63, 3.8) is 0 Å². The van der Waals surface area contributed by atoms with E-state index in [2.05, 4.69) is 50.9 Å². The topological polar surface area (TPSA) is 55.6 Å². The lowest BCUT2D eigenvalue weighted by molar-refractivity contribution is 0.895. The van der Waals surface area contributed by atoms with Crippen LogP contribution in [0.4, 0.5) is 5.82 Å². The van der Waals surface area contributed by atoms with Gasteiger partial charge in [-0.3, -0.25) is 0 Å². The summed E-state index contributed by atoms with van der Waals surface area (Å²) < 4.78 is 1.83. The Balaban J connectivity index is 1.61. The van der Waals surface area contributed by atoms with Crippen LogP contribution in [-0.4, -0.2) is 26.0 Å². The third-order valence-corrected chi connectivity index (χ3v) is 4.73. The number of anilines is 1. The van der Waals surface area contributed by atoms with Crippen molar-refractivity contribution < 1.29 is 0 Å². The molecule has 124 valence electrons. The van der Waals surface area contributed by atoms with Crippen molar-refractivity contribution in [1.29, 1.82) is 0 Å². The van der Waals surface area contributed by atoms with Crippen molar-refractivity contribution in [3.05, 3.63) is 72.7 Å². The Hall–Kier alpha value is -2.86. The van der Waals surface area contributed by atoms with E-state index in [9.17, 15) is 0 Å². The number of para-hydroxylation sites is 1. The van der Waals surface area contributed by atoms with Crippen molar-refractivity contribution in [2.24, 2.45) is 0 Å². The number of aromatic nitrogens is 4. The number of nitrogens with one attached hydrogen (secondary N) is 1. The van der Waals surface area contributed by atoms with Gasteiger partial charge in [-0.05, 0) is 36.1 Å². The standard InChI is InChI=1S/C19H17N5S/c1-25-16-9-7-14(8-10-16)11-20-18-17-12-23-24(19(17)22-13-21-18)15-5-3-2-4-6-15/h2-10,12-13H,11H2,1H3,(H,20,21,22). The monoisotopic (exact) mass is 347 g/mol. The van der Waals surface area contributed by atoms with Crippen molar-refractivity contribution >= 4 is 28.6 Å². The minimum Gasteiger partial charge on any atom is -0.365 e. The molecule has 0 radical (unpaired) electrons. The van der Waals surface area contributed by atoms with Gasteiger partial charge in [0.05, 0.1) is 17.3 Å². The Morgan fingerprint density at radius 1 is 1.00 bits per heavy atom. The van der Waals surface area contributed by atoms with Crippen LogP contribution in [0, 0.1) is 0 Å². The Bertz CT molecular complexity index is 980. The van der Waals surface area contributed by atoms with Gasteiger partial charge in [0.15, 0.2) is 5.65 Å². The van der Waals surface area contributed by atoms with Crippen molar-refractivity contribution in [1.82, 2.24) is 19.7 Å². The van der Waals surface area contributed by atoms with Crippen molar-refractivity contribution in [3.8, 4) is 5.69 Å². The third-order valence-electron chi connectivity index (χ3n) is 3.99. The largest absolute Gasteiger partial charge is 0.365 e. The van der Waals surface area contributed by atoms with E-state index in [-0.39, 0.29) is 0 Å². The molecule has 2 aromatic heterocycles. The molecule has 0 saturated heterocycles. The molecule has 4 rings (SSSR count). The second-order valence-corrected chi connectivity index (χ2v) is 6.43. The SMILES string of the molecule is CSc1ccc(CNc2ncnc3c2cnn3-c2ccccc2)cc1. The van der Waals surface area contributed by atoms with Gasteiger partial charge >= 0.3 is 0 Å². The first-order valence-electron chi connectivity index (χ1n) is 7.96. The van der Waals surface area contributed by atoms with E-state index in [0.717, 1.165) is 22.5 Å². The number of nitrogens with zero attached hydrogens (tertiary/aromatic N) is 4. The van der Waals surface area contributed by atoms with Gasteiger partial charge in [-0.25, -0.2) is 14.6 Å². The Morgan fingerprint density at radius 3 is 2.56 bits per heavy atom. The second-order valence-electron chi connectivity index (χ2n) is 5.55. The lowest BCUT2D eigenvalue weighted by Crippen LogP contribution is -2.03. The van der Waals surface area contributed by atoms with Crippen LogP contribution in [0.5, 0.6) is 0 Å². The fourth-order valence-corrected chi connectivity index (χ4v) is 3.08. The number of hydrogen-bond acceptors (Lipinski definition) is 5. The van der Waals surface area contributed by atoms with Crippen LogP contribution >= 0.6 is 11.8 Å². The summed E-state index contributed by atoms with van der Waals surface area (Å²) in [6.45, 7) is 0.706. The zero-order valence-electron chi connectivity index (χ0n) is 13.8. The van der Waals surface area contributed by atoms with Crippen LogP contribution in [0.25, 0.3) is 16.7 Å². The summed E-state index contributed by atoms with van der Waals surface area (Å²) >= 11 is 1.74. The normalized spacial score (nSPS) is 10.9. The minimum absolute atomic E-state index is 0.706. The first-order chi connectivity index (χ1) is 12.3. The highest BCUT2D eigenvalue weighted by Crippen LogP contribution is 2.22. The van der Waals surface area contributed by atoms with E-state index in [1.165, 1.54) is 10.5 Å². The molecule has 0 aliphatic carbocycles. The van der Waals surface area contributed by atoms with Gasteiger partial charge in [0.1, 0.15) is 12.1 Å². The molecule has 6 heteroatoms. The average Bonchev–Trinajstić information content (AvgIpc) is 3.12. The fourth-order valence-electron chi connectivity index (χ4n) is 2.67. The highest BCUT2D eigenvalue weighted by molar-refractivity contribution is 7.98. The molecular formula is C19H17N5S. The molecule has 0 amide bonds. The van der Waals surface area contributed by atoms with E-state index < -0.39 is 0 Å². The maximum atomic E-state index is 4.48. The summed E-state index contributed by atoms with van der Waals surface area (Å²) in [5.74, 6) is 0.793. The molecule has 0 aliphatic heterocycles. The lowest BCUT2D eigenvalue weighted by atomic mass is 10.2. The zero-order valence-corrected chi connectivity index (χ0v) is 14.6. The minimum atomic E-state index is 0.706. The molecule has 2 aromatic carbocycles. The first-order valence-corrected chi connectivity index (χ1v) is 9.18. The van der Waals surface area contributed by atoms with E-state index >= 15 is 0 Å². The molecule has 0 bridgehead atoms. The number of thioether (sulfide) groups is 1. The summed E-state index contributed by atoms with van der Waals surface area (Å²) in [5, 5.41) is 8.78. The van der Waals surface area contributed by atoms with Crippen LogP contribution in [-0.2, 0) is 6.54 Å². The number of rotatable bonds is 5. The summed E-state index contributed by atoms with van der Waals surface area (Å²) in [4.78, 5) is 10.0. The summed E-state index contributed by atoms with van der Waals surface area (Å²) in [7, 11) is 0. The third kappa shape index (κ3) is 3.21. The molecule has 0 atom stereocenters. The van der Waals surface area contributed by atoms with Gasteiger partial charge in [-0.1, -0.05) is 30.3 Å². The van der Waals surface area contributed by atoms with Crippen LogP contribution in [0.1, 0.15) is 5.56 Å². The van der Waals surface area contributed by atoms with Crippen molar-refractivity contribution in [2.45, 2.75) is 11.4 Å². The van der Waals surface area contributed by atoms with E-state index in [1.54, 1.807) is 18.1 Å². The van der Waals surface area contributed by atoms with E-state index in [1.807, 2.05) is 41.2 Å². The Morgan fingerprint density at radius 2 is 1.80 bits per heavy atom. The predicted octanol–water partition coefficient (Wildman–Crippen LogP) is 4.15.